The Morgan fingerprint density at radius 2 is 1.97 bits per heavy atom. The molecule has 3 aromatic rings. The van der Waals surface area contributed by atoms with Crippen LogP contribution in [0.1, 0.15) is 45.8 Å². The smallest absolute Gasteiger partial charge is 0.289 e. The number of fused-ring (bicyclic) bond motifs is 2. The molecular formula is C26H27ClN2O4. The van der Waals surface area contributed by atoms with Gasteiger partial charge in [-0.1, -0.05) is 23.7 Å². The highest BCUT2D eigenvalue weighted by molar-refractivity contribution is 6.31. The van der Waals surface area contributed by atoms with Gasteiger partial charge in [-0.15, -0.1) is 0 Å². The number of likely N-dealkylation sites (tertiary alicyclic amines) is 1. The number of nitrogens with two attached hydrogens (primary N) is 1. The van der Waals surface area contributed by atoms with Crippen molar-refractivity contribution in [3.8, 4) is 11.5 Å². The van der Waals surface area contributed by atoms with Crippen LogP contribution in [0.15, 0.2) is 52.9 Å². The van der Waals surface area contributed by atoms with Crippen LogP contribution in [-0.2, 0) is 18.6 Å². The van der Waals surface area contributed by atoms with Crippen molar-refractivity contribution in [1.29, 1.82) is 0 Å². The number of hydrogen-bond acceptors (Lipinski definition) is 5. The molecule has 2 aliphatic rings. The van der Waals surface area contributed by atoms with E-state index in [-0.39, 0.29) is 17.9 Å². The largest absolute Gasteiger partial charge is 0.492 e. The molecule has 172 valence electrons. The van der Waals surface area contributed by atoms with E-state index in [2.05, 4.69) is 6.07 Å². The topological polar surface area (TPSA) is 77.9 Å². The van der Waals surface area contributed by atoms with E-state index in [0.717, 1.165) is 29.7 Å². The number of benzene rings is 2. The van der Waals surface area contributed by atoms with Crippen LogP contribution in [0.2, 0.25) is 5.02 Å². The molecule has 2 N–H and O–H groups in total. The van der Waals surface area contributed by atoms with E-state index in [1.54, 1.807) is 18.2 Å². The maximum atomic E-state index is 13.0. The molecule has 0 saturated carbocycles. The van der Waals surface area contributed by atoms with Crippen molar-refractivity contribution in [3.05, 3.63) is 81.8 Å². The Kier molecular flexibility index (Phi) is 5.81. The van der Waals surface area contributed by atoms with Crippen LogP contribution in [0.5, 0.6) is 11.5 Å². The molecule has 0 atom stereocenters. The number of ether oxygens (including phenoxy) is 2. The molecule has 1 aromatic heterocycles. The fraction of sp³-hybridized carbons (Fsp3) is 0.346. The lowest BCUT2D eigenvalue weighted by Crippen LogP contribution is -2.46. The van der Waals surface area contributed by atoms with Gasteiger partial charge in [0.15, 0.2) is 5.76 Å². The predicted octanol–water partition coefficient (Wildman–Crippen LogP) is 4.85. The molecule has 0 aliphatic carbocycles. The number of amides is 1. The Labute approximate surface area is 198 Å². The Bertz CT molecular complexity index is 1180. The number of aryl methyl sites for hydroxylation is 1. The van der Waals surface area contributed by atoms with E-state index in [1.807, 2.05) is 36.1 Å². The minimum Gasteiger partial charge on any atom is -0.492 e. The first kappa shape index (κ1) is 21.9. The number of hydrogen-bond donors (Lipinski definition) is 1. The van der Waals surface area contributed by atoms with Crippen LogP contribution in [0.4, 0.5) is 0 Å². The first-order valence-electron chi connectivity index (χ1n) is 11.2. The third-order valence-corrected chi connectivity index (χ3v) is 7.17. The van der Waals surface area contributed by atoms with Gasteiger partial charge in [0, 0.05) is 35.6 Å². The summed E-state index contributed by atoms with van der Waals surface area (Å²) >= 11 is 6.06. The molecule has 2 aromatic carbocycles. The van der Waals surface area contributed by atoms with Gasteiger partial charge < -0.3 is 24.5 Å². The number of halogens is 1. The summed E-state index contributed by atoms with van der Waals surface area (Å²) in [6.45, 7) is 4.65. The van der Waals surface area contributed by atoms with Gasteiger partial charge in [0.1, 0.15) is 23.9 Å². The third kappa shape index (κ3) is 4.21. The molecule has 33 heavy (non-hydrogen) atoms. The highest BCUT2D eigenvalue weighted by Crippen LogP contribution is 2.46. The van der Waals surface area contributed by atoms with Crippen molar-refractivity contribution in [3.63, 3.8) is 0 Å². The van der Waals surface area contributed by atoms with Crippen molar-refractivity contribution in [2.45, 2.75) is 38.3 Å². The second-order valence-electron chi connectivity index (χ2n) is 8.86. The molecule has 1 spiro atoms. The van der Waals surface area contributed by atoms with Gasteiger partial charge in [0.2, 0.25) is 0 Å². The lowest BCUT2D eigenvalue weighted by atomic mass is 9.74. The minimum atomic E-state index is -0.0896. The summed E-state index contributed by atoms with van der Waals surface area (Å²) in [6.07, 6.45) is 1.71. The van der Waals surface area contributed by atoms with E-state index >= 15 is 0 Å². The maximum absolute atomic E-state index is 13.0. The van der Waals surface area contributed by atoms with Gasteiger partial charge in [0.25, 0.3) is 5.91 Å². The first-order chi connectivity index (χ1) is 16.0. The summed E-state index contributed by atoms with van der Waals surface area (Å²) in [7, 11) is 0. The van der Waals surface area contributed by atoms with E-state index in [4.69, 9.17) is 31.2 Å². The summed E-state index contributed by atoms with van der Waals surface area (Å²) in [6, 6.07) is 15.2. The highest BCUT2D eigenvalue weighted by atomic mass is 35.5. The molecule has 0 radical (unpaired) electrons. The van der Waals surface area contributed by atoms with Gasteiger partial charge in [-0.3, -0.25) is 4.79 Å². The monoisotopic (exact) mass is 466 g/mol. The summed E-state index contributed by atoms with van der Waals surface area (Å²) in [5, 5.41) is 0.698. The average Bonchev–Trinajstić information content (AvgIpc) is 3.45. The van der Waals surface area contributed by atoms with Crippen LogP contribution >= 0.6 is 11.6 Å². The van der Waals surface area contributed by atoms with Crippen molar-refractivity contribution < 1.29 is 18.7 Å². The average molecular weight is 467 g/mol. The highest BCUT2D eigenvalue weighted by Gasteiger charge is 2.44. The first-order valence-corrected chi connectivity index (χ1v) is 11.6. The fourth-order valence-corrected chi connectivity index (χ4v) is 4.79. The Morgan fingerprint density at radius 1 is 1.15 bits per heavy atom. The molecule has 1 saturated heterocycles. The molecule has 0 bridgehead atoms. The van der Waals surface area contributed by atoms with Crippen molar-refractivity contribution in [2.24, 2.45) is 5.73 Å². The van der Waals surface area contributed by atoms with E-state index in [9.17, 15) is 4.79 Å². The zero-order valence-corrected chi connectivity index (χ0v) is 19.4. The zero-order valence-electron chi connectivity index (χ0n) is 18.6. The van der Waals surface area contributed by atoms with Crippen molar-refractivity contribution in [1.82, 2.24) is 4.90 Å². The lowest BCUT2D eigenvalue weighted by Gasteiger charge is -2.38. The standard InChI is InChI=1S/C26H27ClN2O4/c1-17-12-19(3-5-22(17)27)31-15-20-4-7-24(33-20)25(30)29-10-8-26(9-11-29)16-32-23-6-2-18(14-28)13-21(23)26/h2-7,12-13H,8-11,14-16,28H2,1H3. The molecule has 1 fully saturated rings. The van der Waals surface area contributed by atoms with Gasteiger partial charge >= 0.3 is 0 Å². The van der Waals surface area contributed by atoms with E-state index in [1.165, 1.54) is 5.56 Å². The summed E-state index contributed by atoms with van der Waals surface area (Å²) in [5.41, 5.74) is 9.08. The van der Waals surface area contributed by atoms with Crippen LogP contribution < -0.4 is 15.2 Å². The van der Waals surface area contributed by atoms with Crippen LogP contribution in [0.25, 0.3) is 0 Å². The van der Waals surface area contributed by atoms with Gasteiger partial charge in [0.05, 0.1) is 6.61 Å². The molecule has 3 heterocycles. The molecule has 7 heteroatoms. The van der Waals surface area contributed by atoms with Crippen molar-refractivity contribution >= 4 is 17.5 Å². The number of carbonyl (C=O) groups is 1. The normalized spacial score (nSPS) is 16.5. The van der Waals surface area contributed by atoms with Gasteiger partial charge in [-0.05, 0) is 67.3 Å². The zero-order chi connectivity index (χ0) is 23.0. The number of furan rings is 1. The number of rotatable bonds is 5. The SMILES string of the molecule is Cc1cc(OCc2ccc(C(=O)N3CCC4(CC3)COc3ccc(CN)cc34)o2)ccc1Cl. The fourth-order valence-electron chi connectivity index (χ4n) is 4.68. The Morgan fingerprint density at radius 3 is 2.73 bits per heavy atom. The number of piperidine rings is 1. The molecular weight excluding hydrogens is 440 g/mol. The second-order valence-corrected chi connectivity index (χ2v) is 9.27. The van der Waals surface area contributed by atoms with Crippen LogP contribution in [0.3, 0.4) is 0 Å². The molecule has 2 aliphatic heterocycles. The Hall–Kier alpha value is -2.96. The third-order valence-electron chi connectivity index (χ3n) is 6.75. The summed E-state index contributed by atoms with van der Waals surface area (Å²) in [5.74, 6) is 2.50. The number of nitrogens with zero attached hydrogens (tertiary/aromatic N) is 1. The molecule has 5 rings (SSSR count). The molecule has 1 amide bonds. The van der Waals surface area contributed by atoms with Crippen molar-refractivity contribution in [2.75, 3.05) is 19.7 Å². The van der Waals surface area contributed by atoms with Gasteiger partial charge in [-0.25, -0.2) is 0 Å². The lowest BCUT2D eigenvalue weighted by molar-refractivity contribution is 0.0612. The molecule has 6 nitrogen and oxygen atoms in total. The minimum absolute atomic E-state index is 0.0455. The summed E-state index contributed by atoms with van der Waals surface area (Å²) in [4.78, 5) is 14.9. The van der Waals surface area contributed by atoms with Gasteiger partial charge in [-0.2, -0.15) is 0 Å². The Balaban J connectivity index is 1.21. The predicted molar refractivity (Wildman–Crippen MR) is 126 cm³/mol. The van der Waals surface area contributed by atoms with Crippen LogP contribution in [-0.4, -0.2) is 30.5 Å². The molecule has 0 unspecified atom stereocenters. The van der Waals surface area contributed by atoms with Crippen LogP contribution in [0, 0.1) is 6.92 Å². The second kappa shape index (κ2) is 8.76. The quantitative estimate of drug-likeness (QED) is 0.581. The van der Waals surface area contributed by atoms with E-state index < -0.39 is 0 Å². The maximum Gasteiger partial charge on any atom is 0.289 e. The van der Waals surface area contributed by atoms with E-state index in [0.29, 0.717) is 48.5 Å². The summed E-state index contributed by atoms with van der Waals surface area (Å²) < 4.78 is 17.5. The number of carbonyl (C=O) groups excluding carboxylic acids is 1.